The molecular weight excluding hydrogens is 360 g/mol. The number of hydrogen-bond acceptors (Lipinski definition) is 0. The first-order valence-corrected chi connectivity index (χ1v) is 12.8. The summed E-state index contributed by atoms with van der Waals surface area (Å²) >= 11 is 0. The molecular formula is C30H44. The molecule has 0 bridgehead atoms. The van der Waals surface area contributed by atoms with E-state index in [-0.39, 0.29) is 0 Å². The predicted octanol–water partition coefficient (Wildman–Crippen LogP) is 9.63. The first kappa shape index (κ1) is 24.5. The molecule has 0 N–H and O–H groups in total. The van der Waals surface area contributed by atoms with E-state index in [0.29, 0.717) is 0 Å². The van der Waals surface area contributed by atoms with Crippen LogP contribution in [0.4, 0.5) is 0 Å². The Hall–Kier alpha value is -1.74. The largest absolute Gasteiger partial charge is 0.115 e. The fraction of sp³-hybridized carbons (Fsp3) is 0.600. The van der Waals surface area contributed by atoms with E-state index >= 15 is 0 Å². The van der Waals surface area contributed by atoms with Crippen LogP contribution in [0.1, 0.15) is 121 Å². The summed E-state index contributed by atoms with van der Waals surface area (Å²) < 4.78 is 0. The highest BCUT2D eigenvalue weighted by Gasteiger charge is 2.05. The summed E-state index contributed by atoms with van der Waals surface area (Å²) in [5, 5.41) is 2.48. The van der Waals surface area contributed by atoms with Gasteiger partial charge in [-0.25, -0.2) is 0 Å². The average molecular weight is 405 g/mol. The molecule has 0 fully saturated rings. The molecule has 0 aliphatic rings. The number of benzene rings is 2. The highest BCUT2D eigenvalue weighted by Crippen LogP contribution is 2.23. The number of hydrogen-bond donors (Lipinski definition) is 0. The topological polar surface area (TPSA) is 0 Å². The second kappa shape index (κ2) is 16.0. The van der Waals surface area contributed by atoms with Crippen LogP contribution in [-0.4, -0.2) is 0 Å². The second-order valence-electron chi connectivity index (χ2n) is 9.02. The van der Waals surface area contributed by atoms with Gasteiger partial charge in [-0.15, -0.1) is 6.42 Å². The van der Waals surface area contributed by atoms with Crippen molar-refractivity contribution in [3.63, 3.8) is 0 Å². The monoisotopic (exact) mass is 404 g/mol. The molecule has 2 aromatic carbocycles. The molecule has 0 saturated heterocycles. The van der Waals surface area contributed by atoms with Crippen LogP contribution < -0.4 is 0 Å². The molecule has 0 atom stereocenters. The van der Waals surface area contributed by atoms with Crippen LogP contribution in [0.5, 0.6) is 0 Å². The smallest absolute Gasteiger partial charge is 0.0353 e. The summed E-state index contributed by atoms with van der Waals surface area (Å²) in [5.74, 6) is 2.94. The van der Waals surface area contributed by atoms with E-state index in [1.165, 1.54) is 119 Å². The van der Waals surface area contributed by atoms with Crippen molar-refractivity contribution in [3.05, 3.63) is 47.5 Å². The Morgan fingerprint density at radius 3 is 1.63 bits per heavy atom. The quantitative estimate of drug-likeness (QED) is 0.182. The molecule has 0 aliphatic heterocycles. The highest BCUT2D eigenvalue weighted by molar-refractivity contribution is 5.89. The van der Waals surface area contributed by atoms with Crippen LogP contribution in [0, 0.1) is 12.3 Å². The van der Waals surface area contributed by atoms with E-state index in [1.807, 2.05) is 0 Å². The van der Waals surface area contributed by atoms with Gasteiger partial charge in [0.15, 0.2) is 0 Å². The maximum atomic E-state index is 5.83. The molecule has 0 radical (unpaired) electrons. The number of aryl methyl sites for hydroxylation is 1. The van der Waals surface area contributed by atoms with E-state index in [4.69, 9.17) is 6.42 Å². The molecule has 0 amide bonds. The molecule has 0 heterocycles. The van der Waals surface area contributed by atoms with Crippen LogP contribution in [-0.2, 0) is 6.42 Å². The average Bonchev–Trinajstić information content (AvgIpc) is 2.78. The SMILES string of the molecule is C#Cc1c(CCCCCCCCCCCCCCCCCC)ccc2ccccc12. The number of unbranched alkanes of at least 4 members (excludes halogenated alkanes) is 15. The molecule has 0 saturated carbocycles. The Bertz CT molecular complexity index is 733. The van der Waals surface area contributed by atoms with Crippen molar-refractivity contribution < 1.29 is 0 Å². The van der Waals surface area contributed by atoms with Gasteiger partial charge < -0.3 is 0 Å². The van der Waals surface area contributed by atoms with Gasteiger partial charge in [-0.1, -0.05) is 146 Å². The lowest BCUT2D eigenvalue weighted by Crippen LogP contribution is -1.93. The lowest BCUT2D eigenvalue weighted by molar-refractivity contribution is 0.529. The fourth-order valence-electron chi connectivity index (χ4n) is 4.56. The molecule has 0 nitrogen and oxygen atoms in total. The summed E-state index contributed by atoms with van der Waals surface area (Å²) in [6, 6.07) is 12.9. The third-order valence-corrected chi connectivity index (χ3v) is 6.46. The van der Waals surface area contributed by atoms with E-state index in [2.05, 4.69) is 49.2 Å². The minimum absolute atomic E-state index is 1.11. The third-order valence-electron chi connectivity index (χ3n) is 6.46. The Morgan fingerprint density at radius 2 is 1.10 bits per heavy atom. The number of rotatable bonds is 17. The van der Waals surface area contributed by atoms with Gasteiger partial charge in [-0.05, 0) is 29.2 Å². The minimum atomic E-state index is 1.11. The standard InChI is InChI=1S/C30H44/c1-3-5-6-7-8-9-10-11-12-13-14-15-16-17-18-19-22-27-25-26-28-23-20-21-24-30(28)29(27)4-2/h2,20-21,23-26H,3,5-19,22H2,1H3. The predicted molar refractivity (Wildman–Crippen MR) is 135 cm³/mol. The Labute approximate surface area is 186 Å². The van der Waals surface area contributed by atoms with Crippen molar-refractivity contribution in [3.8, 4) is 12.3 Å². The van der Waals surface area contributed by atoms with Crippen LogP contribution in [0.15, 0.2) is 36.4 Å². The van der Waals surface area contributed by atoms with Crippen molar-refractivity contribution in [1.82, 2.24) is 0 Å². The van der Waals surface area contributed by atoms with Crippen molar-refractivity contribution in [2.75, 3.05) is 0 Å². The van der Waals surface area contributed by atoms with Gasteiger partial charge in [0.25, 0.3) is 0 Å². The number of fused-ring (bicyclic) bond motifs is 1. The molecule has 0 spiro atoms. The summed E-state index contributed by atoms with van der Waals surface area (Å²) in [5.41, 5.74) is 2.45. The molecule has 0 aromatic heterocycles. The minimum Gasteiger partial charge on any atom is -0.115 e. The Balaban J connectivity index is 1.45. The molecule has 164 valence electrons. The van der Waals surface area contributed by atoms with Gasteiger partial charge in [0.2, 0.25) is 0 Å². The van der Waals surface area contributed by atoms with Gasteiger partial charge >= 0.3 is 0 Å². The van der Waals surface area contributed by atoms with Gasteiger partial charge in [0.1, 0.15) is 0 Å². The normalized spacial score (nSPS) is 11.1. The zero-order valence-electron chi connectivity index (χ0n) is 19.6. The highest BCUT2D eigenvalue weighted by atomic mass is 14.1. The van der Waals surface area contributed by atoms with Gasteiger partial charge in [0, 0.05) is 5.56 Å². The van der Waals surface area contributed by atoms with Crippen LogP contribution in [0.2, 0.25) is 0 Å². The summed E-state index contributed by atoms with van der Waals surface area (Å²) in [7, 11) is 0. The van der Waals surface area contributed by atoms with Crippen molar-refractivity contribution >= 4 is 10.8 Å². The zero-order chi connectivity index (χ0) is 21.3. The van der Waals surface area contributed by atoms with Crippen LogP contribution in [0.25, 0.3) is 10.8 Å². The van der Waals surface area contributed by atoms with Crippen molar-refractivity contribution in [1.29, 1.82) is 0 Å². The molecule has 0 aliphatic carbocycles. The molecule has 2 aromatic rings. The summed E-state index contributed by atoms with van der Waals surface area (Å²) in [4.78, 5) is 0. The Kier molecular flexibility index (Phi) is 13.1. The van der Waals surface area contributed by atoms with Crippen molar-refractivity contribution in [2.24, 2.45) is 0 Å². The van der Waals surface area contributed by atoms with Gasteiger partial charge in [0.05, 0.1) is 0 Å². The first-order valence-electron chi connectivity index (χ1n) is 12.8. The molecule has 30 heavy (non-hydrogen) atoms. The molecule has 0 unspecified atom stereocenters. The van der Waals surface area contributed by atoms with Gasteiger partial charge in [-0.3, -0.25) is 0 Å². The maximum absolute atomic E-state index is 5.83. The summed E-state index contributed by atoms with van der Waals surface area (Å²) in [6.45, 7) is 2.29. The number of terminal acetylenes is 1. The zero-order valence-corrected chi connectivity index (χ0v) is 19.6. The third kappa shape index (κ3) is 9.38. The van der Waals surface area contributed by atoms with E-state index < -0.39 is 0 Å². The van der Waals surface area contributed by atoms with E-state index in [9.17, 15) is 0 Å². The molecule has 0 heteroatoms. The lowest BCUT2D eigenvalue weighted by Gasteiger charge is -2.09. The van der Waals surface area contributed by atoms with E-state index in [1.54, 1.807) is 0 Å². The lowest BCUT2D eigenvalue weighted by atomic mass is 9.95. The fourth-order valence-corrected chi connectivity index (χ4v) is 4.56. The Morgan fingerprint density at radius 1 is 0.600 bits per heavy atom. The second-order valence-corrected chi connectivity index (χ2v) is 9.02. The molecule has 2 rings (SSSR count). The van der Waals surface area contributed by atoms with Gasteiger partial charge in [-0.2, -0.15) is 0 Å². The summed E-state index contributed by atoms with van der Waals surface area (Å²) in [6.07, 6.45) is 29.6. The van der Waals surface area contributed by atoms with Crippen LogP contribution in [0.3, 0.4) is 0 Å². The first-order chi connectivity index (χ1) is 14.9. The van der Waals surface area contributed by atoms with Crippen LogP contribution >= 0.6 is 0 Å². The maximum Gasteiger partial charge on any atom is 0.0353 e. The van der Waals surface area contributed by atoms with Crippen molar-refractivity contribution in [2.45, 2.75) is 116 Å². The van der Waals surface area contributed by atoms with E-state index in [0.717, 1.165) is 12.0 Å².